The number of halogens is 4. The number of hydrazone groups is 1. The Morgan fingerprint density at radius 3 is 2.35 bits per heavy atom. The number of nitrogens with one attached hydrogen (secondary N) is 3. The van der Waals surface area contributed by atoms with E-state index in [1.165, 1.54) is 17.4 Å². The quantitative estimate of drug-likeness (QED) is 0.0486. The monoisotopic (exact) mass is 878 g/mol. The number of amides is 3. The number of thiophene rings is 1. The van der Waals surface area contributed by atoms with Gasteiger partial charge in [0.25, 0.3) is 11.8 Å². The third-order valence-electron chi connectivity index (χ3n) is 10.1. The lowest BCUT2D eigenvalue weighted by Gasteiger charge is -2.29. The molecule has 0 aliphatic heterocycles. The molecule has 3 aromatic rings. The van der Waals surface area contributed by atoms with E-state index in [1.807, 2.05) is 13.1 Å². The fourth-order valence-electron chi connectivity index (χ4n) is 6.52. The Morgan fingerprint density at radius 1 is 0.950 bits per heavy atom. The molecule has 0 radical (unpaired) electrons. The summed E-state index contributed by atoms with van der Waals surface area (Å²) in [5.41, 5.74) is 3.98. The summed E-state index contributed by atoms with van der Waals surface area (Å²) in [5.74, 6) is -0.892. The van der Waals surface area contributed by atoms with Crippen LogP contribution in [-0.4, -0.2) is 113 Å². The molecule has 60 heavy (non-hydrogen) atoms. The highest BCUT2D eigenvalue weighted by molar-refractivity contribution is 7.17. The number of alkyl halides is 3. The minimum absolute atomic E-state index is 0.0122. The van der Waals surface area contributed by atoms with E-state index in [-0.39, 0.29) is 22.8 Å². The molecule has 3 N–H and O–H groups in total. The molecule has 1 heterocycles. The Labute approximate surface area is 360 Å². The van der Waals surface area contributed by atoms with E-state index in [0.29, 0.717) is 88.2 Å². The summed E-state index contributed by atoms with van der Waals surface area (Å²) < 4.78 is 56.8. The van der Waals surface area contributed by atoms with Crippen molar-refractivity contribution >= 4 is 51.9 Å². The second-order valence-corrected chi connectivity index (χ2v) is 16.8. The number of fused-ring (bicyclic) bond motifs is 1. The highest BCUT2D eigenvalue weighted by Gasteiger charge is 2.34. The molecule has 0 saturated heterocycles. The van der Waals surface area contributed by atoms with Gasteiger partial charge in [-0.2, -0.15) is 18.3 Å². The summed E-state index contributed by atoms with van der Waals surface area (Å²) in [6, 6.07) is 10.5. The molecule has 17 heteroatoms. The fourth-order valence-corrected chi connectivity index (χ4v) is 8.24. The summed E-state index contributed by atoms with van der Waals surface area (Å²) in [5, 5.41) is 10.1. The van der Waals surface area contributed by atoms with Gasteiger partial charge in [-0.25, -0.2) is 5.43 Å². The van der Waals surface area contributed by atoms with Crippen LogP contribution in [0.3, 0.4) is 0 Å². The molecular formula is C43H58ClF3N6O6S. The molecule has 330 valence electrons. The second kappa shape index (κ2) is 23.9. The zero-order chi connectivity index (χ0) is 43.7. The first-order valence-corrected chi connectivity index (χ1v) is 21.5. The van der Waals surface area contributed by atoms with Crippen molar-refractivity contribution in [2.45, 2.75) is 66.1 Å². The molecular weight excluding hydrogens is 821 g/mol. The number of anilines is 1. The average Bonchev–Trinajstić information content (AvgIpc) is 3.55. The maximum atomic E-state index is 13.6. The van der Waals surface area contributed by atoms with Gasteiger partial charge in [0.2, 0.25) is 5.91 Å². The van der Waals surface area contributed by atoms with E-state index in [1.54, 1.807) is 23.1 Å². The number of rotatable bonds is 24. The summed E-state index contributed by atoms with van der Waals surface area (Å²) in [6.07, 6.45) is -0.997. The van der Waals surface area contributed by atoms with Crippen molar-refractivity contribution in [1.29, 1.82) is 0 Å². The molecule has 1 aliphatic rings. The first kappa shape index (κ1) is 48.8. The molecule has 0 fully saturated rings. The molecule has 0 atom stereocenters. The summed E-state index contributed by atoms with van der Waals surface area (Å²) >= 11 is 7.08. The topological polar surface area (TPSA) is 134 Å². The van der Waals surface area contributed by atoms with Gasteiger partial charge >= 0.3 is 6.18 Å². The van der Waals surface area contributed by atoms with Crippen LogP contribution in [0.25, 0.3) is 0 Å². The van der Waals surface area contributed by atoms with E-state index in [2.05, 4.69) is 53.8 Å². The van der Waals surface area contributed by atoms with E-state index < -0.39 is 22.7 Å². The molecule has 0 bridgehead atoms. The van der Waals surface area contributed by atoms with Crippen LogP contribution in [0.15, 0.2) is 47.6 Å². The van der Waals surface area contributed by atoms with Gasteiger partial charge in [-0.1, -0.05) is 57.5 Å². The van der Waals surface area contributed by atoms with Crippen LogP contribution < -0.4 is 16.1 Å². The second-order valence-electron chi connectivity index (χ2n) is 15.2. The van der Waals surface area contributed by atoms with E-state index >= 15 is 0 Å². The van der Waals surface area contributed by atoms with Crippen molar-refractivity contribution in [1.82, 2.24) is 20.5 Å². The number of hydrogen-bond donors (Lipinski definition) is 3. The average molecular weight is 879 g/mol. The van der Waals surface area contributed by atoms with Crippen LogP contribution in [0.2, 0.25) is 5.02 Å². The summed E-state index contributed by atoms with van der Waals surface area (Å²) in [4.78, 5) is 44.4. The lowest BCUT2D eigenvalue weighted by atomic mass is 9.77. The Morgan fingerprint density at radius 2 is 1.65 bits per heavy atom. The molecule has 0 saturated carbocycles. The molecule has 1 aromatic heterocycles. The minimum atomic E-state index is -4.64. The van der Waals surface area contributed by atoms with Crippen molar-refractivity contribution in [3.8, 4) is 0 Å². The standard InChI is InChI=1S/C43H58ClF3N6O6S/c1-6-53(7-2)18-17-52(5)37(54)14-19-57-21-23-59-24-22-58-20-16-48-28-30-9-8-10-32(25-30)39(55)50-41-38(33-13-15-42(3,4)27-36(33)60-41)40(56)51-49-29-31-11-12-35(44)34(26-31)43(45,46)47/h8-12,25-26,29,48H,6-7,13-24,27-28H2,1-5H3,(H,50,55)(H,51,56)/b49-29+. The van der Waals surface area contributed by atoms with Crippen molar-refractivity contribution in [3.63, 3.8) is 0 Å². The van der Waals surface area contributed by atoms with Gasteiger partial charge < -0.3 is 34.6 Å². The van der Waals surface area contributed by atoms with Gasteiger partial charge in [-0.05, 0) is 78.7 Å². The minimum Gasteiger partial charge on any atom is -0.379 e. The number of likely N-dealkylation sites (N-methyl/N-ethyl adjacent to an activating group) is 2. The molecule has 4 rings (SSSR count). The van der Waals surface area contributed by atoms with Gasteiger partial charge in [0.05, 0.1) is 68.4 Å². The van der Waals surface area contributed by atoms with E-state index in [4.69, 9.17) is 25.8 Å². The van der Waals surface area contributed by atoms with Gasteiger partial charge in [0.15, 0.2) is 0 Å². The maximum absolute atomic E-state index is 13.6. The van der Waals surface area contributed by atoms with Crippen LogP contribution in [0, 0.1) is 5.41 Å². The SMILES string of the molecule is CCN(CC)CCN(C)C(=O)CCOCCOCCOCCNCc1cccc(C(=O)Nc2sc3c(c2C(=O)N/N=C/c2ccc(Cl)c(C(F)(F)F)c2)CCC(C)(C)C3)c1. The van der Waals surface area contributed by atoms with Crippen LogP contribution >= 0.6 is 22.9 Å². The van der Waals surface area contributed by atoms with Crippen LogP contribution in [-0.2, 0) is 44.6 Å². The van der Waals surface area contributed by atoms with Crippen LogP contribution in [0.5, 0.6) is 0 Å². The molecule has 3 amide bonds. The first-order valence-electron chi connectivity index (χ1n) is 20.3. The normalized spacial score (nSPS) is 13.8. The fraction of sp³-hybridized carbons (Fsp3) is 0.535. The number of hydrogen-bond acceptors (Lipinski definition) is 10. The number of ether oxygens (including phenoxy) is 3. The Bertz CT molecular complexity index is 1900. The van der Waals surface area contributed by atoms with Crippen molar-refractivity contribution < 1.29 is 41.8 Å². The lowest BCUT2D eigenvalue weighted by Crippen LogP contribution is -2.36. The highest BCUT2D eigenvalue weighted by atomic mass is 35.5. The van der Waals surface area contributed by atoms with E-state index in [9.17, 15) is 27.6 Å². The molecule has 2 aromatic carbocycles. The molecule has 1 aliphatic carbocycles. The van der Waals surface area contributed by atoms with Gasteiger partial charge in [0, 0.05) is 43.7 Å². The zero-order valence-electron chi connectivity index (χ0n) is 35.1. The Kier molecular flexibility index (Phi) is 19.4. The third-order valence-corrected chi connectivity index (χ3v) is 11.6. The number of nitrogens with zero attached hydrogens (tertiary/aromatic N) is 3. The molecule has 0 unspecified atom stereocenters. The Balaban J connectivity index is 1.18. The van der Waals surface area contributed by atoms with Crippen molar-refractivity contribution in [3.05, 3.63) is 85.7 Å². The van der Waals surface area contributed by atoms with Gasteiger partial charge in [-0.3, -0.25) is 14.4 Å². The molecule has 12 nitrogen and oxygen atoms in total. The van der Waals surface area contributed by atoms with Gasteiger partial charge in [-0.15, -0.1) is 11.3 Å². The zero-order valence-corrected chi connectivity index (χ0v) is 36.7. The molecule has 0 spiro atoms. The summed E-state index contributed by atoms with van der Waals surface area (Å²) in [6.45, 7) is 15.6. The predicted octanol–water partition coefficient (Wildman–Crippen LogP) is 7.28. The number of carbonyl (C=O) groups is 3. The Hall–Kier alpha value is -3.90. The van der Waals surface area contributed by atoms with Crippen LogP contribution in [0.1, 0.15) is 88.4 Å². The van der Waals surface area contributed by atoms with Crippen molar-refractivity contribution in [2.24, 2.45) is 10.5 Å². The maximum Gasteiger partial charge on any atom is 0.417 e. The number of benzene rings is 2. The number of carbonyl (C=O) groups excluding carboxylic acids is 3. The van der Waals surface area contributed by atoms with Crippen LogP contribution in [0.4, 0.5) is 18.2 Å². The van der Waals surface area contributed by atoms with E-state index in [0.717, 1.165) is 66.8 Å². The lowest BCUT2D eigenvalue weighted by molar-refractivity contribution is -0.137. The first-order chi connectivity index (χ1) is 28.6. The van der Waals surface area contributed by atoms with Gasteiger partial charge in [0.1, 0.15) is 5.00 Å². The largest absolute Gasteiger partial charge is 0.417 e. The predicted molar refractivity (Wildman–Crippen MR) is 230 cm³/mol. The third kappa shape index (κ3) is 15.5. The highest BCUT2D eigenvalue weighted by Crippen LogP contribution is 2.44. The van der Waals surface area contributed by atoms with Crippen molar-refractivity contribution in [2.75, 3.05) is 84.7 Å². The smallest absolute Gasteiger partial charge is 0.379 e. The summed E-state index contributed by atoms with van der Waals surface area (Å²) in [7, 11) is 1.82.